The average molecular weight is 336 g/mol. The zero-order valence-corrected chi connectivity index (χ0v) is 12.1. The predicted molar refractivity (Wildman–Crippen MR) is 75.9 cm³/mol. The van der Waals surface area contributed by atoms with Crippen molar-refractivity contribution < 1.29 is 17.9 Å². The van der Waals surface area contributed by atoms with Crippen LogP contribution in [0.25, 0.3) is 0 Å². The van der Waals surface area contributed by atoms with Crippen LogP contribution < -0.4 is 10.5 Å². The van der Waals surface area contributed by atoms with Gasteiger partial charge in [0.05, 0.1) is 10.6 Å². The van der Waals surface area contributed by atoms with Crippen LogP contribution in [0.1, 0.15) is 11.1 Å². The smallest absolute Gasteiger partial charge is 0.416 e. The van der Waals surface area contributed by atoms with Gasteiger partial charge >= 0.3 is 6.18 Å². The molecule has 0 unspecified atom stereocenters. The van der Waals surface area contributed by atoms with E-state index in [-0.39, 0.29) is 28.6 Å². The molecule has 0 heterocycles. The number of halogens is 5. The van der Waals surface area contributed by atoms with Gasteiger partial charge in [0, 0.05) is 6.54 Å². The normalized spacial score (nSPS) is 11.5. The Labute approximate surface area is 129 Å². The summed E-state index contributed by atoms with van der Waals surface area (Å²) in [6, 6.07) is 8.13. The fraction of sp³-hybridized carbons (Fsp3) is 0.143. The van der Waals surface area contributed by atoms with Crippen LogP contribution in [-0.2, 0) is 12.7 Å². The molecule has 2 rings (SSSR count). The van der Waals surface area contributed by atoms with Gasteiger partial charge in [-0.15, -0.1) is 0 Å². The molecule has 7 heteroatoms. The maximum absolute atomic E-state index is 12.8. The van der Waals surface area contributed by atoms with Crippen LogP contribution in [0.3, 0.4) is 0 Å². The van der Waals surface area contributed by atoms with Gasteiger partial charge in [-0.2, -0.15) is 13.2 Å². The van der Waals surface area contributed by atoms with Gasteiger partial charge in [-0.05, 0) is 35.9 Å². The van der Waals surface area contributed by atoms with Crippen LogP contribution >= 0.6 is 23.2 Å². The highest BCUT2D eigenvalue weighted by atomic mass is 35.5. The van der Waals surface area contributed by atoms with Crippen LogP contribution in [-0.4, -0.2) is 0 Å². The molecule has 0 radical (unpaired) electrons. The van der Waals surface area contributed by atoms with E-state index in [9.17, 15) is 13.2 Å². The lowest BCUT2D eigenvalue weighted by molar-refractivity contribution is -0.138. The summed E-state index contributed by atoms with van der Waals surface area (Å²) >= 11 is 11.8. The lowest BCUT2D eigenvalue weighted by Crippen LogP contribution is -2.11. The Kier molecular flexibility index (Phi) is 4.66. The van der Waals surface area contributed by atoms with Crippen LogP contribution in [0.2, 0.25) is 10.0 Å². The summed E-state index contributed by atoms with van der Waals surface area (Å²) in [6.45, 7) is -0.255. The van der Waals surface area contributed by atoms with Crippen molar-refractivity contribution in [3.63, 3.8) is 0 Å². The Bertz CT molecular complexity index is 659. The molecule has 2 aromatic rings. The van der Waals surface area contributed by atoms with Gasteiger partial charge in [0.25, 0.3) is 0 Å². The summed E-state index contributed by atoms with van der Waals surface area (Å²) in [5.74, 6) is 0.458. The van der Waals surface area contributed by atoms with E-state index in [1.807, 2.05) is 0 Å². The maximum atomic E-state index is 12.8. The number of rotatable bonds is 3. The monoisotopic (exact) mass is 335 g/mol. The summed E-state index contributed by atoms with van der Waals surface area (Å²) in [5.41, 5.74) is 4.52. The first-order valence-corrected chi connectivity index (χ1v) is 6.60. The minimum atomic E-state index is -4.46. The van der Waals surface area contributed by atoms with Crippen molar-refractivity contribution in [1.29, 1.82) is 0 Å². The third-order valence-corrected chi connectivity index (χ3v) is 3.55. The molecule has 2 aromatic carbocycles. The van der Waals surface area contributed by atoms with E-state index in [0.717, 1.165) is 6.07 Å². The maximum Gasteiger partial charge on any atom is 0.416 e. The Hall–Kier alpha value is -1.43. The van der Waals surface area contributed by atoms with Gasteiger partial charge in [-0.1, -0.05) is 29.3 Å². The summed E-state index contributed by atoms with van der Waals surface area (Å²) in [4.78, 5) is 0. The van der Waals surface area contributed by atoms with Gasteiger partial charge in [-0.3, -0.25) is 0 Å². The largest absolute Gasteiger partial charge is 0.456 e. The quantitative estimate of drug-likeness (QED) is 0.829. The Morgan fingerprint density at radius 1 is 1.10 bits per heavy atom. The average Bonchev–Trinajstić information content (AvgIpc) is 2.42. The molecule has 2 nitrogen and oxygen atoms in total. The van der Waals surface area contributed by atoms with Crippen molar-refractivity contribution in [2.75, 3.05) is 0 Å². The molecule has 0 fully saturated rings. The minimum Gasteiger partial charge on any atom is -0.456 e. The van der Waals surface area contributed by atoms with E-state index in [1.165, 1.54) is 12.1 Å². The topological polar surface area (TPSA) is 35.2 Å². The molecule has 0 spiro atoms. The number of hydrogen-bond donors (Lipinski definition) is 1. The van der Waals surface area contributed by atoms with E-state index in [0.29, 0.717) is 5.02 Å². The van der Waals surface area contributed by atoms with Gasteiger partial charge in [-0.25, -0.2) is 0 Å². The standard InChI is InChI=1S/C14H10Cl2F3NO/c15-11-2-1-3-12(13(11)16)21-9-4-5-10(14(17,18)19)8(6-9)7-20/h1-6H,7,20H2. The molecule has 0 atom stereocenters. The summed E-state index contributed by atoms with van der Waals surface area (Å²) in [6.07, 6.45) is -4.46. The Morgan fingerprint density at radius 2 is 1.81 bits per heavy atom. The van der Waals surface area contributed by atoms with Gasteiger partial charge in [0.2, 0.25) is 0 Å². The SMILES string of the molecule is NCc1cc(Oc2cccc(Cl)c2Cl)ccc1C(F)(F)F. The van der Waals surface area contributed by atoms with Crippen molar-refractivity contribution in [1.82, 2.24) is 0 Å². The molecule has 21 heavy (non-hydrogen) atoms. The van der Waals surface area contributed by atoms with Crippen molar-refractivity contribution in [2.45, 2.75) is 12.7 Å². The number of hydrogen-bond acceptors (Lipinski definition) is 2. The van der Waals surface area contributed by atoms with Gasteiger partial charge < -0.3 is 10.5 Å². The van der Waals surface area contributed by atoms with Crippen molar-refractivity contribution in [3.05, 3.63) is 57.6 Å². The van der Waals surface area contributed by atoms with E-state index in [2.05, 4.69) is 0 Å². The van der Waals surface area contributed by atoms with Crippen molar-refractivity contribution in [3.8, 4) is 11.5 Å². The van der Waals surface area contributed by atoms with E-state index in [1.54, 1.807) is 18.2 Å². The van der Waals surface area contributed by atoms with Gasteiger partial charge in [0.1, 0.15) is 16.5 Å². The number of nitrogens with two attached hydrogens (primary N) is 1. The minimum absolute atomic E-state index is 0.0573. The molecule has 0 bridgehead atoms. The molecule has 0 saturated heterocycles. The number of alkyl halides is 3. The summed E-state index contributed by atoms with van der Waals surface area (Å²) in [5, 5.41) is 0.480. The lowest BCUT2D eigenvalue weighted by Gasteiger charge is -2.14. The van der Waals surface area contributed by atoms with Crippen molar-refractivity contribution >= 4 is 23.2 Å². The molecule has 0 aliphatic rings. The molecular weight excluding hydrogens is 326 g/mol. The molecule has 0 aromatic heterocycles. The first kappa shape index (κ1) is 15.9. The molecule has 112 valence electrons. The third-order valence-electron chi connectivity index (χ3n) is 2.75. The van der Waals surface area contributed by atoms with Crippen molar-refractivity contribution in [2.24, 2.45) is 5.73 Å². The predicted octanol–water partition coefficient (Wildman–Crippen LogP) is 5.26. The second kappa shape index (κ2) is 6.13. The summed E-state index contributed by atoms with van der Waals surface area (Å²) in [7, 11) is 0. The van der Waals surface area contributed by atoms with Crippen LogP contribution in [0, 0.1) is 0 Å². The highest BCUT2D eigenvalue weighted by Crippen LogP contribution is 2.37. The van der Waals surface area contributed by atoms with Crippen LogP contribution in [0.15, 0.2) is 36.4 Å². The lowest BCUT2D eigenvalue weighted by atomic mass is 10.1. The highest BCUT2D eigenvalue weighted by molar-refractivity contribution is 6.42. The number of benzene rings is 2. The Balaban J connectivity index is 2.36. The fourth-order valence-corrected chi connectivity index (χ4v) is 2.10. The molecule has 0 aliphatic carbocycles. The molecule has 2 N–H and O–H groups in total. The molecule has 0 saturated carbocycles. The Morgan fingerprint density at radius 3 is 2.43 bits per heavy atom. The first-order valence-electron chi connectivity index (χ1n) is 5.85. The number of ether oxygens (including phenoxy) is 1. The van der Waals surface area contributed by atoms with Gasteiger partial charge in [0.15, 0.2) is 0 Å². The zero-order chi connectivity index (χ0) is 15.6. The van der Waals surface area contributed by atoms with E-state index < -0.39 is 11.7 Å². The second-order valence-corrected chi connectivity index (χ2v) is 4.96. The fourth-order valence-electron chi connectivity index (χ4n) is 1.77. The highest BCUT2D eigenvalue weighted by Gasteiger charge is 2.33. The summed E-state index contributed by atoms with van der Waals surface area (Å²) < 4.78 is 43.8. The van der Waals surface area contributed by atoms with E-state index >= 15 is 0 Å². The van der Waals surface area contributed by atoms with Crippen LogP contribution in [0.5, 0.6) is 11.5 Å². The first-order chi connectivity index (χ1) is 9.82. The molecule has 0 amide bonds. The third kappa shape index (κ3) is 3.61. The van der Waals surface area contributed by atoms with Crippen LogP contribution in [0.4, 0.5) is 13.2 Å². The second-order valence-electron chi connectivity index (χ2n) is 4.17. The van der Waals surface area contributed by atoms with E-state index in [4.69, 9.17) is 33.7 Å². The molecule has 0 aliphatic heterocycles. The zero-order valence-electron chi connectivity index (χ0n) is 10.5. The molecular formula is C14H10Cl2F3NO.